The SMILES string of the molecule is Cc1noc(C)c1NC(=O)Nc1ccc2c(c1)C(=O)N([C@@H](C)CO)C[C@H](C)[C@@H](CN(C)S(=O)(=O)c1ccc(F)cc1)OCCCC[C@H](C)O2. The summed E-state index contributed by atoms with van der Waals surface area (Å²) in [6.45, 7) is 8.94. The number of carbonyl (C=O) groups excluding carboxylic acids is 2. The van der Waals surface area contributed by atoms with Crippen molar-refractivity contribution in [2.75, 3.05) is 44.0 Å². The number of aliphatic hydroxyl groups is 1. The second-order valence-electron chi connectivity index (χ2n) is 12.5. The van der Waals surface area contributed by atoms with Gasteiger partial charge in [-0.25, -0.2) is 17.6 Å². The Hall–Kier alpha value is -4.05. The monoisotopic (exact) mass is 703 g/mol. The maximum atomic E-state index is 14.4. The van der Waals surface area contributed by atoms with Crippen LogP contribution in [-0.4, -0.2) is 91.4 Å². The number of nitrogens with one attached hydrogen (secondary N) is 2. The molecule has 0 bridgehead atoms. The van der Waals surface area contributed by atoms with Crippen molar-refractivity contribution >= 4 is 33.3 Å². The number of amides is 3. The van der Waals surface area contributed by atoms with Crippen molar-refractivity contribution in [2.24, 2.45) is 5.92 Å². The van der Waals surface area contributed by atoms with Crippen LogP contribution < -0.4 is 15.4 Å². The lowest BCUT2D eigenvalue weighted by Gasteiger charge is -2.35. The van der Waals surface area contributed by atoms with Crippen LogP contribution in [0, 0.1) is 25.6 Å². The molecule has 0 aliphatic carbocycles. The number of aryl methyl sites for hydroxylation is 2. The molecule has 0 saturated carbocycles. The topological polar surface area (TPSA) is 164 Å². The lowest BCUT2D eigenvalue weighted by atomic mass is 10.0. The summed E-state index contributed by atoms with van der Waals surface area (Å²) in [5.41, 5.74) is 1.46. The quantitative estimate of drug-likeness (QED) is 0.287. The van der Waals surface area contributed by atoms with Gasteiger partial charge in [-0.05, 0) is 89.4 Å². The van der Waals surface area contributed by atoms with E-state index in [1.165, 1.54) is 34.5 Å². The van der Waals surface area contributed by atoms with Crippen LogP contribution in [-0.2, 0) is 14.8 Å². The minimum absolute atomic E-state index is 0.0270. The van der Waals surface area contributed by atoms with E-state index in [-0.39, 0.29) is 36.3 Å². The number of aliphatic hydroxyl groups excluding tert-OH is 1. The van der Waals surface area contributed by atoms with E-state index in [2.05, 4.69) is 15.8 Å². The third kappa shape index (κ3) is 9.56. The number of likely N-dealkylation sites (N-methyl/N-ethyl adjacent to an activating group) is 1. The Morgan fingerprint density at radius 2 is 1.86 bits per heavy atom. The first-order valence-corrected chi connectivity index (χ1v) is 17.7. The first kappa shape index (κ1) is 37.8. The number of fused-ring (bicyclic) bond motifs is 1. The average molecular weight is 704 g/mol. The number of hydrogen-bond donors (Lipinski definition) is 3. The third-order valence-corrected chi connectivity index (χ3v) is 10.4. The van der Waals surface area contributed by atoms with Crippen molar-refractivity contribution in [3.05, 3.63) is 65.3 Å². The number of sulfonamides is 1. The summed E-state index contributed by atoms with van der Waals surface area (Å²) in [5.74, 6) is -0.617. The predicted molar refractivity (Wildman–Crippen MR) is 182 cm³/mol. The van der Waals surface area contributed by atoms with Gasteiger partial charge in [0.15, 0.2) is 5.76 Å². The molecule has 2 aromatic carbocycles. The van der Waals surface area contributed by atoms with Gasteiger partial charge in [0.1, 0.15) is 22.9 Å². The Morgan fingerprint density at radius 1 is 1.14 bits per heavy atom. The number of aromatic nitrogens is 1. The van der Waals surface area contributed by atoms with E-state index in [1.54, 1.807) is 32.9 Å². The summed E-state index contributed by atoms with van der Waals surface area (Å²) < 4.78 is 59.0. The highest BCUT2D eigenvalue weighted by molar-refractivity contribution is 7.89. The molecular formula is C34H46FN5O8S. The van der Waals surface area contributed by atoms with E-state index in [4.69, 9.17) is 14.0 Å². The van der Waals surface area contributed by atoms with Crippen LogP contribution >= 0.6 is 0 Å². The van der Waals surface area contributed by atoms with Crippen LogP contribution in [0.1, 0.15) is 61.8 Å². The maximum Gasteiger partial charge on any atom is 0.323 e. The molecule has 0 saturated heterocycles. The summed E-state index contributed by atoms with van der Waals surface area (Å²) in [6.07, 6.45) is 1.22. The Labute approximate surface area is 286 Å². The molecule has 15 heteroatoms. The van der Waals surface area contributed by atoms with Gasteiger partial charge < -0.3 is 34.6 Å². The Balaban J connectivity index is 1.63. The van der Waals surface area contributed by atoms with Crippen molar-refractivity contribution in [3.63, 3.8) is 0 Å². The second-order valence-corrected chi connectivity index (χ2v) is 14.6. The van der Waals surface area contributed by atoms with Gasteiger partial charge in [-0.15, -0.1) is 0 Å². The number of ether oxygens (including phenoxy) is 2. The summed E-state index contributed by atoms with van der Waals surface area (Å²) in [7, 11) is -2.53. The summed E-state index contributed by atoms with van der Waals surface area (Å²) >= 11 is 0. The molecule has 2 heterocycles. The number of hydrogen-bond acceptors (Lipinski definition) is 9. The van der Waals surface area contributed by atoms with Crippen molar-refractivity contribution in [2.45, 2.75) is 77.0 Å². The molecule has 49 heavy (non-hydrogen) atoms. The zero-order valence-electron chi connectivity index (χ0n) is 28.7. The van der Waals surface area contributed by atoms with Gasteiger partial charge >= 0.3 is 6.03 Å². The molecule has 0 unspecified atom stereocenters. The number of rotatable bonds is 8. The van der Waals surface area contributed by atoms with Gasteiger partial charge in [0.25, 0.3) is 5.91 Å². The van der Waals surface area contributed by atoms with Crippen molar-refractivity contribution in [1.82, 2.24) is 14.4 Å². The molecule has 1 aliphatic heterocycles. The molecule has 3 amide bonds. The van der Waals surface area contributed by atoms with Crippen LogP contribution in [0.3, 0.4) is 0 Å². The van der Waals surface area contributed by atoms with Gasteiger partial charge in [-0.3, -0.25) is 4.79 Å². The molecule has 0 fully saturated rings. The van der Waals surface area contributed by atoms with Crippen LogP contribution in [0.15, 0.2) is 51.9 Å². The van der Waals surface area contributed by atoms with E-state index in [0.717, 1.165) is 18.6 Å². The highest BCUT2D eigenvalue weighted by Crippen LogP contribution is 2.29. The Kier molecular flexibility index (Phi) is 12.8. The number of nitrogens with zero attached hydrogens (tertiary/aromatic N) is 3. The smallest absolute Gasteiger partial charge is 0.323 e. The van der Waals surface area contributed by atoms with Gasteiger partial charge in [0, 0.05) is 38.3 Å². The molecule has 1 aromatic heterocycles. The number of anilines is 2. The molecule has 4 atom stereocenters. The zero-order chi connectivity index (χ0) is 35.9. The van der Waals surface area contributed by atoms with Crippen molar-refractivity contribution in [1.29, 1.82) is 0 Å². The number of benzene rings is 2. The van der Waals surface area contributed by atoms with Crippen molar-refractivity contribution in [3.8, 4) is 5.75 Å². The van der Waals surface area contributed by atoms with Crippen LogP contribution in [0.4, 0.5) is 20.6 Å². The molecule has 0 radical (unpaired) electrons. The summed E-state index contributed by atoms with van der Waals surface area (Å²) in [4.78, 5) is 28.7. The first-order chi connectivity index (χ1) is 23.2. The maximum absolute atomic E-state index is 14.4. The standard InChI is InChI=1S/C34H46FN5O8S/c1-21-18-40(22(2)20-41)33(42)29-17-27(36-34(43)37-32-24(4)38-48-25(32)5)12-15-30(29)47-23(3)9-7-8-16-46-31(21)19-39(6)49(44,45)28-13-10-26(35)11-14-28/h10-15,17,21-23,31,41H,7-9,16,18-20H2,1-6H3,(H2,36,37,43)/t21-,22-,23-,31+/m0/s1. The third-order valence-electron chi connectivity index (χ3n) is 8.54. The molecule has 13 nitrogen and oxygen atoms in total. The number of halogens is 1. The highest BCUT2D eigenvalue weighted by atomic mass is 32.2. The molecular weight excluding hydrogens is 657 g/mol. The second kappa shape index (κ2) is 16.6. The molecule has 0 spiro atoms. The molecule has 3 N–H and O–H groups in total. The van der Waals surface area contributed by atoms with Gasteiger partial charge in [-0.1, -0.05) is 12.1 Å². The van der Waals surface area contributed by atoms with Gasteiger partial charge in [-0.2, -0.15) is 4.31 Å². The lowest BCUT2D eigenvalue weighted by molar-refractivity contribution is -0.00834. The van der Waals surface area contributed by atoms with Crippen LogP contribution in [0.25, 0.3) is 0 Å². The fourth-order valence-electron chi connectivity index (χ4n) is 5.54. The van der Waals surface area contributed by atoms with Crippen LogP contribution in [0.2, 0.25) is 0 Å². The lowest BCUT2D eigenvalue weighted by Crippen LogP contribution is -2.48. The van der Waals surface area contributed by atoms with Crippen LogP contribution in [0.5, 0.6) is 5.75 Å². The Morgan fingerprint density at radius 3 is 2.51 bits per heavy atom. The predicted octanol–water partition coefficient (Wildman–Crippen LogP) is 5.19. The number of carbonyl (C=O) groups is 2. The van der Waals surface area contributed by atoms with E-state index < -0.39 is 45.8 Å². The fraction of sp³-hybridized carbons (Fsp3) is 0.500. The Bertz CT molecular complexity index is 1680. The number of urea groups is 1. The van der Waals surface area contributed by atoms with Crippen molar-refractivity contribution < 1.29 is 41.5 Å². The largest absolute Gasteiger partial charge is 0.490 e. The normalized spacial score (nSPS) is 20.2. The summed E-state index contributed by atoms with van der Waals surface area (Å²) in [6, 6.07) is 8.22. The van der Waals surface area contributed by atoms with Gasteiger partial charge in [0.05, 0.1) is 35.3 Å². The summed E-state index contributed by atoms with van der Waals surface area (Å²) in [5, 5.41) is 19.5. The molecule has 268 valence electrons. The molecule has 1 aliphatic rings. The fourth-order valence-corrected chi connectivity index (χ4v) is 6.72. The molecule has 4 rings (SSSR count). The highest BCUT2D eigenvalue weighted by Gasteiger charge is 2.32. The first-order valence-electron chi connectivity index (χ1n) is 16.3. The minimum atomic E-state index is -3.97. The zero-order valence-corrected chi connectivity index (χ0v) is 29.5. The van der Waals surface area contributed by atoms with Gasteiger partial charge in [0.2, 0.25) is 10.0 Å². The minimum Gasteiger partial charge on any atom is -0.490 e. The molecule has 3 aromatic rings. The van der Waals surface area contributed by atoms with E-state index >= 15 is 0 Å². The van der Waals surface area contributed by atoms with E-state index in [0.29, 0.717) is 48.0 Å². The van der Waals surface area contributed by atoms with E-state index in [9.17, 15) is 27.5 Å². The van der Waals surface area contributed by atoms with E-state index in [1.807, 2.05) is 13.8 Å². The average Bonchev–Trinajstić information content (AvgIpc) is 3.38.